The van der Waals surface area contributed by atoms with Gasteiger partial charge in [0, 0.05) is 20.4 Å². The van der Waals surface area contributed by atoms with E-state index in [4.69, 9.17) is 18.7 Å². The van der Waals surface area contributed by atoms with Crippen LogP contribution >= 0.6 is 7.37 Å². The Kier molecular flexibility index (Phi) is 3.19. The molecular weight excluding hydrogens is 231 g/mol. The van der Waals surface area contributed by atoms with Crippen molar-refractivity contribution in [1.82, 2.24) is 0 Å². The third kappa shape index (κ3) is 2.07. The second-order valence-corrected chi connectivity index (χ2v) is 7.59. The van der Waals surface area contributed by atoms with Crippen molar-refractivity contribution in [3.05, 3.63) is 0 Å². The Balaban J connectivity index is 2.19. The molecule has 0 amide bonds. The normalized spacial score (nSPS) is 42.9. The Morgan fingerprint density at radius 1 is 1.50 bits per heavy atom. The van der Waals surface area contributed by atoms with Gasteiger partial charge in [0.25, 0.3) is 0 Å². The van der Waals surface area contributed by atoms with Crippen molar-refractivity contribution in [1.29, 1.82) is 0 Å². The second kappa shape index (κ2) is 4.07. The molecule has 2 rings (SSSR count). The first kappa shape index (κ1) is 12.5. The third-order valence-corrected chi connectivity index (χ3v) is 3.71. The highest BCUT2D eigenvalue weighted by Gasteiger charge is 2.62. The molecule has 0 aromatic rings. The molecule has 0 N–H and O–H groups in total. The molecule has 0 aromatic heterocycles. The van der Waals surface area contributed by atoms with Crippen molar-refractivity contribution >= 4 is 7.37 Å². The maximum Gasteiger partial charge on any atom is 0.197 e. The van der Waals surface area contributed by atoms with Crippen LogP contribution in [0.5, 0.6) is 0 Å². The van der Waals surface area contributed by atoms with Gasteiger partial charge in [-0.15, -0.1) is 0 Å². The van der Waals surface area contributed by atoms with Crippen molar-refractivity contribution in [2.75, 3.05) is 33.7 Å². The predicted molar refractivity (Wildman–Crippen MR) is 59.2 cm³/mol. The molecule has 6 heteroatoms. The van der Waals surface area contributed by atoms with E-state index in [2.05, 4.69) is 0 Å². The molecule has 1 unspecified atom stereocenters. The van der Waals surface area contributed by atoms with E-state index in [-0.39, 0.29) is 18.3 Å². The Morgan fingerprint density at radius 3 is 2.69 bits per heavy atom. The van der Waals surface area contributed by atoms with Crippen LogP contribution in [-0.2, 0) is 23.3 Å². The zero-order chi connectivity index (χ0) is 12.0. The SMILES string of the molecule is COC[C@]12CO[C@@H](C1OP(C)(C)=O)[C@H](C)O2. The quantitative estimate of drug-likeness (QED) is 0.700. The summed E-state index contributed by atoms with van der Waals surface area (Å²) in [6.45, 7) is 6.00. The minimum atomic E-state index is -2.56. The van der Waals surface area contributed by atoms with Crippen LogP contribution in [-0.4, -0.2) is 57.6 Å². The van der Waals surface area contributed by atoms with E-state index < -0.39 is 13.0 Å². The Bertz CT molecular complexity index is 314. The standard InChI is InChI=1S/C10H19O5P/c1-7-8-9(15-16(3,4)11)10(14-7,5-12-2)6-13-8/h7-9H,5-6H2,1-4H3/t7-,8+,9?,10-/m0/s1. The number of hydrogen-bond acceptors (Lipinski definition) is 5. The summed E-state index contributed by atoms with van der Waals surface area (Å²) in [6.07, 6.45) is -0.466. The van der Waals surface area contributed by atoms with Crippen LogP contribution in [0.1, 0.15) is 6.92 Å². The van der Waals surface area contributed by atoms with Crippen molar-refractivity contribution < 1.29 is 23.3 Å². The van der Waals surface area contributed by atoms with Gasteiger partial charge in [0.05, 0.1) is 19.3 Å². The topological polar surface area (TPSA) is 54.0 Å². The van der Waals surface area contributed by atoms with Crippen LogP contribution in [0, 0.1) is 0 Å². The van der Waals surface area contributed by atoms with Gasteiger partial charge in [-0.1, -0.05) is 0 Å². The summed E-state index contributed by atoms with van der Waals surface area (Å²) in [5, 5.41) is 0. The molecule has 0 aliphatic carbocycles. The molecule has 2 aliphatic heterocycles. The van der Waals surface area contributed by atoms with Crippen LogP contribution < -0.4 is 0 Å². The van der Waals surface area contributed by atoms with Gasteiger partial charge in [0.15, 0.2) is 7.37 Å². The molecule has 2 heterocycles. The Labute approximate surface area is 95.8 Å². The lowest BCUT2D eigenvalue weighted by atomic mass is 10.00. The van der Waals surface area contributed by atoms with Gasteiger partial charge in [-0.2, -0.15) is 0 Å². The highest BCUT2D eigenvalue weighted by Crippen LogP contribution is 2.50. The lowest BCUT2D eigenvalue weighted by molar-refractivity contribution is -0.158. The zero-order valence-electron chi connectivity index (χ0n) is 10.1. The van der Waals surface area contributed by atoms with Crippen LogP contribution in [0.4, 0.5) is 0 Å². The fraction of sp³-hybridized carbons (Fsp3) is 1.00. The van der Waals surface area contributed by atoms with Crippen molar-refractivity contribution in [2.24, 2.45) is 0 Å². The minimum absolute atomic E-state index is 0.0413. The van der Waals surface area contributed by atoms with Gasteiger partial charge in [0.2, 0.25) is 0 Å². The van der Waals surface area contributed by atoms with Gasteiger partial charge in [-0.25, -0.2) is 0 Å². The van der Waals surface area contributed by atoms with Gasteiger partial charge >= 0.3 is 0 Å². The smallest absolute Gasteiger partial charge is 0.197 e. The molecule has 2 fully saturated rings. The molecule has 4 atom stereocenters. The monoisotopic (exact) mass is 250 g/mol. The lowest BCUT2D eigenvalue weighted by Gasteiger charge is -2.30. The molecule has 94 valence electrons. The van der Waals surface area contributed by atoms with Crippen molar-refractivity contribution in [3.8, 4) is 0 Å². The number of fused-ring (bicyclic) bond motifs is 2. The molecule has 0 spiro atoms. The molecule has 2 saturated heterocycles. The predicted octanol–water partition coefficient (Wildman–Crippen LogP) is 1.11. The number of methoxy groups -OCH3 is 1. The van der Waals surface area contributed by atoms with Crippen molar-refractivity contribution in [3.63, 3.8) is 0 Å². The van der Waals surface area contributed by atoms with Crippen LogP contribution in [0.25, 0.3) is 0 Å². The minimum Gasteiger partial charge on any atom is -0.381 e. The fourth-order valence-electron chi connectivity index (χ4n) is 2.46. The third-order valence-electron chi connectivity index (χ3n) is 2.98. The van der Waals surface area contributed by atoms with E-state index in [0.29, 0.717) is 13.2 Å². The molecule has 0 saturated carbocycles. The van der Waals surface area contributed by atoms with E-state index in [1.54, 1.807) is 20.4 Å². The summed E-state index contributed by atoms with van der Waals surface area (Å²) in [4.78, 5) is 0. The van der Waals surface area contributed by atoms with E-state index in [1.807, 2.05) is 6.92 Å². The van der Waals surface area contributed by atoms with Crippen LogP contribution in [0.15, 0.2) is 0 Å². The van der Waals surface area contributed by atoms with E-state index in [9.17, 15) is 4.57 Å². The van der Waals surface area contributed by atoms with Gasteiger partial charge in [0.1, 0.15) is 17.8 Å². The molecule has 2 bridgehead atoms. The average molecular weight is 250 g/mol. The number of rotatable bonds is 4. The van der Waals surface area contributed by atoms with E-state index in [0.717, 1.165) is 0 Å². The number of hydrogen-bond donors (Lipinski definition) is 0. The average Bonchev–Trinajstić information content (AvgIpc) is 2.54. The summed E-state index contributed by atoms with van der Waals surface area (Å²) in [5.41, 5.74) is -0.583. The van der Waals surface area contributed by atoms with E-state index >= 15 is 0 Å². The van der Waals surface area contributed by atoms with Crippen LogP contribution in [0.2, 0.25) is 0 Å². The summed E-state index contributed by atoms with van der Waals surface area (Å²) in [7, 11) is -0.944. The summed E-state index contributed by atoms with van der Waals surface area (Å²) < 4.78 is 34.0. The summed E-state index contributed by atoms with van der Waals surface area (Å²) in [6, 6.07) is 0. The zero-order valence-corrected chi connectivity index (χ0v) is 11.0. The maximum atomic E-state index is 11.8. The number of ether oxygens (including phenoxy) is 3. The van der Waals surface area contributed by atoms with E-state index in [1.165, 1.54) is 0 Å². The lowest BCUT2D eigenvalue weighted by Crippen LogP contribution is -2.45. The largest absolute Gasteiger partial charge is 0.381 e. The van der Waals surface area contributed by atoms with Crippen LogP contribution in [0.3, 0.4) is 0 Å². The first-order valence-electron chi connectivity index (χ1n) is 5.40. The molecule has 0 aromatic carbocycles. The van der Waals surface area contributed by atoms with Gasteiger partial charge < -0.3 is 18.7 Å². The molecule has 0 radical (unpaired) electrons. The first-order chi connectivity index (χ1) is 7.38. The fourth-order valence-corrected chi connectivity index (χ4v) is 3.32. The summed E-state index contributed by atoms with van der Waals surface area (Å²) >= 11 is 0. The molecule has 2 aliphatic rings. The van der Waals surface area contributed by atoms with Crippen molar-refractivity contribution in [2.45, 2.75) is 30.8 Å². The highest BCUT2D eigenvalue weighted by molar-refractivity contribution is 7.57. The Hall–Kier alpha value is 0.0700. The summed E-state index contributed by atoms with van der Waals surface area (Å²) in [5.74, 6) is 0. The second-order valence-electron chi connectivity index (χ2n) is 4.87. The maximum absolute atomic E-state index is 11.8. The molecule has 5 nitrogen and oxygen atoms in total. The molecular formula is C10H19O5P. The van der Waals surface area contributed by atoms with Gasteiger partial charge in [-0.3, -0.25) is 4.57 Å². The first-order valence-corrected chi connectivity index (χ1v) is 7.92. The Morgan fingerprint density at radius 2 is 2.19 bits per heavy atom. The highest BCUT2D eigenvalue weighted by atomic mass is 31.2. The molecule has 16 heavy (non-hydrogen) atoms. The van der Waals surface area contributed by atoms with Gasteiger partial charge in [-0.05, 0) is 6.92 Å².